The molecule has 0 spiro atoms. The molecular formula is C12H24ClN3O2S. The van der Waals surface area contributed by atoms with Crippen molar-refractivity contribution in [3.05, 3.63) is 0 Å². The summed E-state index contributed by atoms with van der Waals surface area (Å²) in [5.41, 5.74) is 0. The van der Waals surface area contributed by atoms with Crippen LogP contribution >= 0.6 is 12.4 Å². The highest BCUT2D eigenvalue weighted by molar-refractivity contribution is 7.86. The van der Waals surface area contributed by atoms with Gasteiger partial charge in [0.15, 0.2) is 0 Å². The van der Waals surface area contributed by atoms with Crippen LogP contribution in [-0.2, 0) is 10.2 Å². The highest BCUT2D eigenvalue weighted by Crippen LogP contribution is 2.24. The predicted octanol–water partition coefficient (Wildman–Crippen LogP) is 0.965. The molecule has 3 fully saturated rings. The average Bonchev–Trinajstić information content (AvgIpc) is 2.69. The molecule has 7 heteroatoms. The first-order valence-electron chi connectivity index (χ1n) is 7.17. The molecule has 0 aromatic carbocycles. The van der Waals surface area contributed by atoms with Crippen LogP contribution in [0.15, 0.2) is 0 Å². The number of hydrogen-bond donors (Lipinski definition) is 1. The standard InChI is InChI=1S/C12H23N3O2S.ClH/c16-18(17,14-7-2-1-3-8-14)15-9-6-11-4-5-12(10-15)13-11;/h11-13H,1-10H2;1H. The summed E-state index contributed by atoms with van der Waals surface area (Å²) in [6.07, 6.45) is 6.48. The molecule has 5 nitrogen and oxygen atoms in total. The summed E-state index contributed by atoms with van der Waals surface area (Å²) in [5, 5.41) is 3.53. The molecule has 0 radical (unpaired) electrons. The van der Waals surface area contributed by atoms with Gasteiger partial charge < -0.3 is 5.32 Å². The van der Waals surface area contributed by atoms with E-state index in [4.69, 9.17) is 0 Å². The average molecular weight is 310 g/mol. The Morgan fingerprint density at radius 3 is 2.26 bits per heavy atom. The number of piperidine rings is 1. The quantitative estimate of drug-likeness (QED) is 0.827. The zero-order valence-electron chi connectivity index (χ0n) is 11.3. The largest absolute Gasteiger partial charge is 0.310 e. The molecule has 0 amide bonds. The van der Waals surface area contributed by atoms with Gasteiger partial charge in [-0.15, -0.1) is 12.4 Å². The van der Waals surface area contributed by atoms with Crippen molar-refractivity contribution in [2.75, 3.05) is 26.2 Å². The lowest BCUT2D eigenvalue weighted by Gasteiger charge is -2.32. The fourth-order valence-corrected chi connectivity index (χ4v) is 5.13. The molecule has 3 saturated heterocycles. The van der Waals surface area contributed by atoms with Crippen LogP contribution in [0.5, 0.6) is 0 Å². The maximum absolute atomic E-state index is 12.6. The molecule has 3 aliphatic heterocycles. The number of nitrogens with one attached hydrogen (secondary N) is 1. The maximum atomic E-state index is 12.6. The fraction of sp³-hybridized carbons (Fsp3) is 1.00. The first-order valence-corrected chi connectivity index (χ1v) is 8.57. The minimum absolute atomic E-state index is 0. The van der Waals surface area contributed by atoms with Gasteiger partial charge in [-0.2, -0.15) is 17.0 Å². The fourth-order valence-electron chi connectivity index (χ4n) is 3.38. The van der Waals surface area contributed by atoms with Crippen molar-refractivity contribution in [2.45, 2.75) is 50.6 Å². The summed E-state index contributed by atoms with van der Waals surface area (Å²) in [6, 6.07) is 0.911. The summed E-state index contributed by atoms with van der Waals surface area (Å²) in [7, 11) is -3.20. The summed E-state index contributed by atoms with van der Waals surface area (Å²) in [4.78, 5) is 0. The predicted molar refractivity (Wildman–Crippen MR) is 77.7 cm³/mol. The first kappa shape index (κ1) is 15.5. The lowest BCUT2D eigenvalue weighted by atomic mass is 10.1. The van der Waals surface area contributed by atoms with Crippen LogP contribution in [0.4, 0.5) is 0 Å². The second-order valence-corrected chi connectivity index (χ2v) is 7.68. The molecule has 3 aliphatic rings. The van der Waals surface area contributed by atoms with E-state index in [0.29, 0.717) is 38.3 Å². The Morgan fingerprint density at radius 1 is 0.842 bits per heavy atom. The summed E-state index contributed by atoms with van der Waals surface area (Å²) < 4.78 is 28.6. The van der Waals surface area contributed by atoms with E-state index in [2.05, 4.69) is 5.32 Å². The van der Waals surface area contributed by atoms with Crippen molar-refractivity contribution >= 4 is 22.6 Å². The van der Waals surface area contributed by atoms with Crippen LogP contribution in [0.3, 0.4) is 0 Å². The van der Waals surface area contributed by atoms with Gasteiger partial charge in [0.05, 0.1) is 0 Å². The van der Waals surface area contributed by atoms with Gasteiger partial charge in [0.1, 0.15) is 0 Å². The minimum atomic E-state index is -3.20. The third kappa shape index (κ3) is 3.24. The molecule has 3 heterocycles. The van der Waals surface area contributed by atoms with Crippen LogP contribution in [0, 0.1) is 0 Å². The van der Waals surface area contributed by atoms with E-state index >= 15 is 0 Å². The molecule has 2 unspecified atom stereocenters. The van der Waals surface area contributed by atoms with Gasteiger partial charge in [-0.05, 0) is 32.1 Å². The molecule has 19 heavy (non-hydrogen) atoms. The molecule has 112 valence electrons. The van der Waals surface area contributed by atoms with Crippen molar-refractivity contribution in [1.82, 2.24) is 13.9 Å². The van der Waals surface area contributed by atoms with Crippen LogP contribution in [0.2, 0.25) is 0 Å². The van der Waals surface area contributed by atoms with Gasteiger partial charge in [0.2, 0.25) is 0 Å². The molecule has 0 saturated carbocycles. The first-order chi connectivity index (χ1) is 8.66. The second kappa shape index (κ2) is 6.26. The molecule has 2 atom stereocenters. The lowest BCUT2D eigenvalue weighted by molar-refractivity contribution is 0.295. The second-order valence-electron chi connectivity index (χ2n) is 5.75. The molecular weight excluding hydrogens is 286 g/mol. The topological polar surface area (TPSA) is 52.7 Å². The summed E-state index contributed by atoms with van der Waals surface area (Å²) in [6.45, 7) is 2.77. The van der Waals surface area contributed by atoms with Gasteiger partial charge >= 0.3 is 0 Å². The molecule has 0 aliphatic carbocycles. The molecule has 0 aromatic heterocycles. The third-order valence-electron chi connectivity index (χ3n) is 4.45. The number of fused-ring (bicyclic) bond motifs is 2. The highest BCUT2D eigenvalue weighted by Gasteiger charge is 2.37. The number of hydrogen-bond acceptors (Lipinski definition) is 3. The molecule has 3 rings (SSSR count). The van der Waals surface area contributed by atoms with Crippen molar-refractivity contribution < 1.29 is 8.42 Å². The van der Waals surface area contributed by atoms with Gasteiger partial charge in [-0.1, -0.05) is 6.42 Å². The van der Waals surface area contributed by atoms with E-state index in [1.165, 1.54) is 6.42 Å². The molecule has 0 aromatic rings. The van der Waals surface area contributed by atoms with Crippen molar-refractivity contribution in [2.24, 2.45) is 0 Å². The minimum Gasteiger partial charge on any atom is -0.310 e. The van der Waals surface area contributed by atoms with Crippen molar-refractivity contribution in [3.8, 4) is 0 Å². The Labute approximate surface area is 122 Å². The lowest BCUT2D eigenvalue weighted by Crippen LogP contribution is -2.48. The zero-order chi connectivity index (χ0) is 12.6. The van der Waals surface area contributed by atoms with Crippen LogP contribution in [0.1, 0.15) is 38.5 Å². The normalized spacial score (nSPS) is 33.7. The van der Waals surface area contributed by atoms with E-state index in [9.17, 15) is 8.42 Å². The van der Waals surface area contributed by atoms with Crippen LogP contribution in [-0.4, -0.2) is 55.3 Å². The van der Waals surface area contributed by atoms with E-state index in [0.717, 1.165) is 32.1 Å². The maximum Gasteiger partial charge on any atom is 0.282 e. The Kier molecular flexibility index (Phi) is 5.11. The Bertz CT molecular complexity index is 398. The Morgan fingerprint density at radius 2 is 1.53 bits per heavy atom. The van der Waals surface area contributed by atoms with Crippen molar-refractivity contribution in [3.63, 3.8) is 0 Å². The van der Waals surface area contributed by atoms with Crippen LogP contribution in [0.25, 0.3) is 0 Å². The smallest absolute Gasteiger partial charge is 0.282 e. The number of rotatable bonds is 2. The van der Waals surface area contributed by atoms with E-state index in [1.807, 2.05) is 0 Å². The third-order valence-corrected chi connectivity index (χ3v) is 6.46. The van der Waals surface area contributed by atoms with Crippen LogP contribution < -0.4 is 5.32 Å². The van der Waals surface area contributed by atoms with Gasteiger partial charge in [0, 0.05) is 38.3 Å². The van der Waals surface area contributed by atoms with E-state index < -0.39 is 10.2 Å². The highest BCUT2D eigenvalue weighted by atomic mass is 35.5. The zero-order valence-corrected chi connectivity index (χ0v) is 12.9. The van der Waals surface area contributed by atoms with Gasteiger partial charge in [0.25, 0.3) is 10.2 Å². The van der Waals surface area contributed by atoms with Crippen molar-refractivity contribution in [1.29, 1.82) is 0 Å². The number of nitrogens with zero attached hydrogens (tertiary/aromatic N) is 2. The summed E-state index contributed by atoms with van der Waals surface area (Å²) in [5.74, 6) is 0. The van der Waals surface area contributed by atoms with Gasteiger partial charge in [-0.3, -0.25) is 0 Å². The number of halogens is 1. The van der Waals surface area contributed by atoms with E-state index in [-0.39, 0.29) is 12.4 Å². The van der Waals surface area contributed by atoms with E-state index in [1.54, 1.807) is 8.61 Å². The Hall–Kier alpha value is 0.120. The molecule has 2 bridgehead atoms. The van der Waals surface area contributed by atoms with Gasteiger partial charge in [-0.25, -0.2) is 0 Å². The monoisotopic (exact) mass is 309 g/mol. The summed E-state index contributed by atoms with van der Waals surface area (Å²) >= 11 is 0. The molecule has 1 N–H and O–H groups in total. The Balaban J connectivity index is 0.00000133. The SMILES string of the molecule is Cl.O=S(=O)(N1CCCCC1)N1CCC2CCC(C1)N2.